The van der Waals surface area contributed by atoms with Crippen LogP contribution in [0.1, 0.15) is 28.7 Å². The molecule has 0 spiro atoms. The minimum Gasteiger partial charge on any atom is -0.406 e. The lowest BCUT2D eigenvalue weighted by molar-refractivity contribution is -0.274. The topological polar surface area (TPSA) is 80.5 Å². The smallest absolute Gasteiger partial charge is 0.406 e. The molecule has 1 aliphatic rings. The first kappa shape index (κ1) is 21.8. The SMILES string of the molecule is CN1CC(NC(=O)c2ccc(F)cc2)CC1c1nc(-c2ccc(OC(F)(F)F)cc2)no1. The van der Waals surface area contributed by atoms with E-state index in [1.165, 1.54) is 48.5 Å². The molecule has 1 N–H and O–H groups in total. The maximum absolute atomic E-state index is 13.0. The van der Waals surface area contributed by atoms with Crippen LogP contribution in [-0.4, -0.2) is 46.9 Å². The Kier molecular flexibility index (Phi) is 5.83. The van der Waals surface area contributed by atoms with Crippen LogP contribution in [0, 0.1) is 5.82 Å². The third-order valence-corrected chi connectivity index (χ3v) is 5.06. The molecule has 32 heavy (non-hydrogen) atoms. The lowest BCUT2D eigenvalue weighted by Crippen LogP contribution is -2.36. The van der Waals surface area contributed by atoms with Crippen molar-refractivity contribution >= 4 is 5.91 Å². The molecule has 1 saturated heterocycles. The number of carbonyl (C=O) groups excluding carboxylic acids is 1. The fourth-order valence-electron chi connectivity index (χ4n) is 3.56. The van der Waals surface area contributed by atoms with E-state index in [-0.39, 0.29) is 29.6 Å². The van der Waals surface area contributed by atoms with Gasteiger partial charge in [-0.05, 0) is 62.0 Å². The molecule has 4 rings (SSSR count). The van der Waals surface area contributed by atoms with E-state index in [1.807, 2.05) is 11.9 Å². The van der Waals surface area contributed by atoms with E-state index in [4.69, 9.17) is 4.52 Å². The van der Waals surface area contributed by atoms with Gasteiger partial charge in [-0.15, -0.1) is 13.2 Å². The van der Waals surface area contributed by atoms with E-state index < -0.39 is 12.2 Å². The zero-order valence-electron chi connectivity index (χ0n) is 16.8. The van der Waals surface area contributed by atoms with Gasteiger partial charge in [0.15, 0.2) is 0 Å². The van der Waals surface area contributed by atoms with Crippen LogP contribution in [0.3, 0.4) is 0 Å². The number of carbonyl (C=O) groups is 1. The molecule has 1 fully saturated rings. The highest BCUT2D eigenvalue weighted by Gasteiger charge is 2.35. The van der Waals surface area contributed by atoms with Gasteiger partial charge in [0.25, 0.3) is 5.91 Å². The van der Waals surface area contributed by atoms with Crippen LogP contribution in [-0.2, 0) is 0 Å². The first-order valence-electron chi connectivity index (χ1n) is 9.64. The van der Waals surface area contributed by atoms with Crippen LogP contribution in [0.25, 0.3) is 11.4 Å². The fourth-order valence-corrected chi connectivity index (χ4v) is 3.56. The maximum atomic E-state index is 13.0. The van der Waals surface area contributed by atoms with Crippen molar-refractivity contribution in [3.63, 3.8) is 0 Å². The quantitative estimate of drug-likeness (QED) is 0.593. The number of likely N-dealkylation sites (N-methyl/N-ethyl adjacent to an activating group) is 1. The molecule has 7 nitrogen and oxygen atoms in total. The minimum atomic E-state index is -4.77. The van der Waals surface area contributed by atoms with Crippen LogP contribution >= 0.6 is 0 Å². The molecule has 0 radical (unpaired) electrons. The summed E-state index contributed by atoms with van der Waals surface area (Å²) < 4.78 is 59.1. The van der Waals surface area contributed by atoms with Gasteiger partial charge in [-0.3, -0.25) is 9.69 Å². The average molecular weight is 450 g/mol. The number of hydrogen-bond acceptors (Lipinski definition) is 6. The Labute approximate surface area is 180 Å². The Morgan fingerprint density at radius 2 is 1.84 bits per heavy atom. The summed E-state index contributed by atoms with van der Waals surface area (Å²) in [5.41, 5.74) is 0.826. The van der Waals surface area contributed by atoms with Gasteiger partial charge in [-0.2, -0.15) is 4.98 Å². The summed E-state index contributed by atoms with van der Waals surface area (Å²) >= 11 is 0. The third kappa shape index (κ3) is 5.05. The molecule has 1 aliphatic heterocycles. The van der Waals surface area contributed by atoms with Gasteiger partial charge in [0.2, 0.25) is 11.7 Å². The Morgan fingerprint density at radius 3 is 2.50 bits per heavy atom. The number of likely N-dealkylation sites (tertiary alicyclic amines) is 1. The number of rotatable bonds is 5. The highest BCUT2D eigenvalue weighted by atomic mass is 19.4. The number of amides is 1. The average Bonchev–Trinajstić information content (AvgIpc) is 3.34. The van der Waals surface area contributed by atoms with E-state index in [2.05, 4.69) is 20.2 Å². The Hall–Kier alpha value is -3.47. The second-order valence-corrected chi connectivity index (χ2v) is 7.40. The van der Waals surface area contributed by atoms with Crippen molar-refractivity contribution in [2.45, 2.75) is 24.9 Å². The zero-order valence-corrected chi connectivity index (χ0v) is 16.8. The van der Waals surface area contributed by atoms with Gasteiger partial charge in [-0.1, -0.05) is 5.16 Å². The van der Waals surface area contributed by atoms with Gasteiger partial charge in [0.05, 0.1) is 6.04 Å². The summed E-state index contributed by atoms with van der Waals surface area (Å²) in [6, 6.07) is 9.98. The summed E-state index contributed by atoms with van der Waals surface area (Å²) in [4.78, 5) is 18.7. The number of hydrogen-bond donors (Lipinski definition) is 1. The molecule has 2 atom stereocenters. The third-order valence-electron chi connectivity index (χ3n) is 5.06. The molecule has 2 aromatic carbocycles. The van der Waals surface area contributed by atoms with Gasteiger partial charge in [-0.25, -0.2) is 4.39 Å². The summed E-state index contributed by atoms with van der Waals surface area (Å²) in [6.07, 6.45) is -4.25. The molecule has 0 saturated carbocycles. The number of alkyl halides is 3. The molecule has 0 bridgehead atoms. The first-order valence-corrected chi connectivity index (χ1v) is 9.64. The highest BCUT2D eigenvalue weighted by molar-refractivity contribution is 5.94. The molecule has 1 amide bonds. The lowest BCUT2D eigenvalue weighted by Gasteiger charge is -2.14. The van der Waals surface area contributed by atoms with Crippen LogP contribution in [0.2, 0.25) is 0 Å². The van der Waals surface area contributed by atoms with Crippen molar-refractivity contribution in [3.05, 3.63) is 65.8 Å². The number of nitrogens with one attached hydrogen (secondary N) is 1. The van der Waals surface area contributed by atoms with Crippen molar-refractivity contribution in [2.24, 2.45) is 0 Å². The lowest BCUT2D eigenvalue weighted by atomic mass is 10.1. The van der Waals surface area contributed by atoms with Crippen LogP contribution in [0.4, 0.5) is 17.6 Å². The van der Waals surface area contributed by atoms with Crippen molar-refractivity contribution in [1.29, 1.82) is 0 Å². The number of nitrogens with zero attached hydrogens (tertiary/aromatic N) is 3. The normalized spacial score (nSPS) is 19.2. The molecule has 2 unspecified atom stereocenters. The molecule has 168 valence electrons. The van der Waals surface area contributed by atoms with Crippen molar-refractivity contribution < 1.29 is 31.6 Å². The first-order chi connectivity index (χ1) is 15.2. The van der Waals surface area contributed by atoms with Crippen LogP contribution < -0.4 is 10.1 Å². The molecule has 3 aromatic rings. The summed E-state index contributed by atoms with van der Waals surface area (Å²) in [5, 5.41) is 6.82. The fraction of sp³-hybridized carbons (Fsp3) is 0.286. The van der Waals surface area contributed by atoms with Gasteiger partial charge < -0.3 is 14.6 Å². The second kappa shape index (κ2) is 8.58. The second-order valence-electron chi connectivity index (χ2n) is 7.40. The van der Waals surface area contributed by atoms with Gasteiger partial charge >= 0.3 is 6.36 Å². The van der Waals surface area contributed by atoms with E-state index in [0.29, 0.717) is 30.0 Å². The van der Waals surface area contributed by atoms with Crippen LogP contribution in [0.15, 0.2) is 53.1 Å². The summed E-state index contributed by atoms with van der Waals surface area (Å²) in [5.74, 6) is -0.518. The van der Waals surface area contributed by atoms with E-state index in [1.54, 1.807) is 0 Å². The number of halogens is 4. The van der Waals surface area contributed by atoms with Crippen LogP contribution in [0.5, 0.6) is 5.75 Å². The molecule has 11 heteroatoms. The molecule has 2 heterocycles. The number of benzene rings is 2. The predicted molar refractivity (Wildman–Crippen MR) is 104 cm³/mol. The highest BCUT2D eigenvalue weighted by Crippen LogP contribution is 2.32. The molecule has 1 aromatic heterocycles. The van der Waals surface area contributed by atoms with E-state index in [0.717, 1.165) is 0 Å². The molecule has 0 aliphatic carbocycles. The van der Waals surface area contributed by atoms with Crippen molar-refractivity contribution in [1.82, 2.24) is 20.4 Å². The predicted octanol–water partition coefficient (Wildman–Crippen LogP) is 3.95. The largest absolute Gasteiger partial charge is 0.573 e. The monoisotopic (exact) mass is 450 g/mol. The summed E-state index contributed by atoms with van der Waals surface area (Å²) in [7, 11) is 1.85. The summed E-state index contributed by atoms with van der Waals surface area (Å²) in [6.45, 7) is 0.540. The minimum absolute atomic E-state index is 0.184. The molecular weight excluding hydrogens is 432 g/mol. The maximum Gasteiger partial charge on any atom is 0.573 e. The Morgan fingerprint density at radius 1 is 1.16 bits per heavy atom. The standard InChI is InChI=1S/C21H18F4N4O3/c1-29-11-15(26-19(30)13-2-6-14(22)7-3-13)10-17(29)20-27-18(28-32-20)12-4-8-16(9-5-12)31-21(23,24)25/h2-9,15,17H,10-11H2,1H3,(H,26,30). The zero-order chi connectivity index (χ0) is 22.9. The van der Waals surface area contributed by atoms with Crippen molar-refractivity contribution in [2.75, 3.05) is 13.6 Å². The Balaban J connectivity index is 1.40. The van der Waals surface area contributed by atoms with Gasteiger partial charge in [0, 0.05) is 23.7 Å². The number of aromatic nitrogens is 2. The number of ether oxygens (including phenoxy) is 1. The van der Waals surface area contributed by atoms with Gasteiger partial charge in [0.1, 0.15) is 11.6 Å². The Bertz CT molecular complexity index is 1080. The molecular formula is C21H18F4N4O3. The van der Waals surface area contributed by atoms with E-state index >= 15 is 0 Å². The van der Waals surface area contributed by atoms with Crippen molar-refractivity contribution in [3.8, 4) is 17.1 Å². The van der Waals surface area contributed by atoms with E-state index in [9.17, 15) is 22.4 Å².